The van der Waals surface area contributed by atoms with Crippen molar-refractivity contribution in [2.75, 3.05) is 24.9 Å². The molecule has 0 aliphatic carbocycles. The zero-order valence-electron chi connectivity index (χ0n) is 18.1. The molecular formula is C22H19BrF4N2O3S3. The molecule has 13 heteroatoms. The molecule has 35 heavy (non-hydrogen) atoms. The van der Waals surface area contributed by atoms with E-state index in [0.29, 0.717) is 33.1 Å². The van der Waals surface area contributed by atoms with E-state index in [0.717, 1.165) is 29.5 Å². The van der Waals surface area contributed by atoms with Gasteiger partial charge < -0.3 is 9.64 Å². The van der Waals surface area contributed by atoms with Crippen molar-refractivity contribution in [2.45, 2.75) is 32.0 Å². The second kappa shape index (κ2) is 10.3. The van der Waals surface area contributed by atoms with E-state index in [1.807, 2.05) is 11.9 Å². The van der Waals surface area contributed by atoms with Crippen LogP contribution in [0.15, 0.2) is 66.3 Å². The van der Waals surface area contributed by atoms with Gasteiger partial charge >= 0.3 is 6.18 Å². The Kier molecular flexibility index (Phi) is 7.72. The minimum absolute atomic E-state index is 0.0335. The fourth-order valence-electron chi connectivity index (χ4n) is 3.44. The molecule has 1 fully saturated rings. The number of alkyl halides is 3. The van der Waals surface area contributed by atoms with E-state index in [-0.39, 0.29) is 15.7 Å². The van der Waals surface area contributed by atoms with Crippen LogP contribution in [0.2, 0.25) is 0 Å². The maximum Gasteiger partial charge on any atom is 0.419 e. The van der Waals surface area contributed by atoms with Gasteiger partial charge in [0.25, 0.3) is 10.0 Å². The zero-order chi connectivity index (χ0) is 25.4. The quantitative estimate of drug-likeness (QED) is 0.302. The van der Waals surface area contributed by atoms with Gasteiger partial charge in [-0.1, -0.05) is 11.8 Å². The lowest BCUT2D eigenvalue weighted by Gasteiger charge is -2.19. The molecule has 1 aromatic heterocycles. The summed E-state index contributed by atoms with van der Waals surface area (Å²) in [5, 5.41) is 0. The van der Waals surface area contributed by atoms with E-state index in [4.69, 9.17) is 4.74 Å². The molecule has 5 nitrogen and oxygen atoms in total. The van der Waals surface area contributed by atoms with Crippen LogP contribution in [0.25, 0.3) is 0 Å². The van der Waals surface area contributed by atoms with Gasteiger partial charge in [0, 0.05) is 28.5 Å². The number of ether oxygens (including phenoxy) is 1. The fraction of sp³-hybridized carbons (Fsp3) is 0.273. The van der Waals surface area contributed by atoms with Gasteiger partial charge in [-0.3, -0.25) is 4.72 Å². The van der Waals surface area contributed by atoms with Crippen molar-refractivity contribution in [3.05, 3.63) is 64.4 Å². The van der Waals surface area contributed by atoms with Gasteiger partial charge in [-0.15, -0.1) is 11.3 Å². The number of thiophene rings is 1. The fourth-order valence-corrected chi connectivity index (χ4v) is 8.12. The molecule has 188 valence electrons. The smallest absolute Gasteiger partial charge is 0.419 e. The number of rotatable bonds is 7. The first-order valence-corrected chi connectivity index (χ1v) is 14.1. The van der Waals surface area contributed by atoms with E-state index >= 15 is 0 Å². The summed E-state index contributed by atoms with van der Waals surface area (Å²) in [6.07, 6.45) is -4.50. The Balaban J connectivity index is 1.57. The monoisotopic (exact) mass is 610 g/mol. The Hall–Kier alpha value is -1.80. The number of sulfonamides is 1. The number of anilines is 1. The van der Waals surface area contributed by atoms with Crippen LogP contribution in [0.5, 0.6) is 5.75 Å². The largest absolute Gasteiger partial charge is 0.488 e. The van der Waals surface area contributed by atoms with Gasteiger partial charge in [0.1, 0.15) is 21.9 Å². The van der Waals surface area contributed by atoms with Gasteiger partial charge in [-0.05, 0) is 71.9 Å². The van der Waals surface area contributed by atoms with Crippen molar-refractivity contribution >= 4 is 54.7 Å². The lowest BCUT2D eigenvalue weighted by atomic mass is 10.1. The first-order chi connectivity index (χ1) is 16.4. The Labute approximate surface area is 216 Å². The summed E-state index contributed by atoms with van der Waals surface area (Å²) in [7, 11) is -2.25. The molecule has 1 aliphatic rings. The molecule has 0 bridgehead atoms. The average Bonchev–Trinajstić information content (AvgIpc) is 3.34. The van der Waals surface area contributed by atoms with Crippen molar-refractivity contribution in [2.24, 2.45) is 0 Å². The second-order valence-electron chi connectivity index (χ2n) is 7.86. The molecule has 0 radical (unpaired) electrons. The molecule has 1 unspecified atom stereocenters. The van der Waals surface area contributed by atoms with Crippen molar-refractivity contribution in [1.82, 2.24) is 4.90 Å². The standard InChI is InChI=1S/C22H19BrF4N2O3S3/c1-29-9-8-15(12-29)32-19-10-14(4-7-17(19)22(25,26)27)28-35(30,31)20-11-18(23)21(34-20)33-16-5-2-13(24)3-6-16/h2-7,10-11,15,28H,8-9,12H2,1H3. The minimum atomic E-state index is -4.65. The Morgan fingerprint density at radius 1 is 1.17 bits per heavy atom. The number of likely N-dealkylation sites (N-methyl/N-ethyl adjacent to an activating group) is 1. The minimum Gasteiger partial charge on any atom is -0.488 e. The molecule has 1 N–H and O–H groups in total. The first kappa shape index (κ1) is 26.3. The third-order valence-electron chi connectivity index (χ3n) is 5.10. The van der Waals surface area contributed by atoms with Crippen molar-refractivity contribution in [1.29, 1.82) is 0 Å². The first-order valence-electron chi connectivity index (χ1n) is 10.2. The normalized spacial score (nSPS) is 17.0. The lowest BCUT2D eigenvalue weighted by Crippen LogP contribution is -2.23. The molecule has 2 heterocycles. The Bertz CT molecular complexity index is 1310. The van der Waals surface area contributed by atoms with Crippen LogP contribution >= 0.6 is 39.0 Å². The van der Waals surface area contributed by atoms with Gasteiger partial charge in [0.05, 0.1) is 15.5 Å². The molecular weight excluding hydrogens is 592 g/mol. The van der Waals surface area contributed by atoms with E-state index < -0.39 is 33.6 Å². The summed E-state index contributed by atoms with van der Waals surface area (Å²) in [6.45, 7) is 1.18. The van der Waals surface area contributed by atoms with Crippen molar-refractivity contribution in [3.8, 4) is 5.75 Å². The van der Waals surface area contributed by atoms with Crippen LogP contribution in [0, 0.1) is 5.82 Å². The summed E-state index contributed by atoms with van der Waals surface area (Å²) in [6, 6.07) is 10.1. The predicted octanol–water partition coefficient (Wildman–Crippen LogP) is 6.70. The van der Waals surface area contributed by atoms with E-state index in [1.54, 1.807) is 12.1 Å². The van der Waals surface area contributed by atoms with Crippen LogP contribution in [-0.4, -0.2) is 39.6 Å². The van der Waals surface area contributed by atoms with E-state index in [2.05, 4.69) is 20.7 Å². The van der Waals surface area contributed by atoms with E-state index in [1.165, 1.54) is 30.0 Å². The summed E-state index contributed by atoms with van der Waals surface area (Å²) in [5.74, 6) is -0.801. The maximum absolute atomic E-state index is 13.5. The van der Waals surface area contributed by atoms with Crippen molar-refractivity contribution < 1.29 is 30.7 Å². The van der Waals surface area contributed by atoms with Crippen molar-refractivity contribution in [3.63, 3.8) is 0 Å². The highest BCUT2D eigenvalue weighted by atomic mass is 79.9. The predicted molar refractivity (Wildman–Crippen MR) is 131 cm³/mol. The molecule has 2 aromatic carbocycles. The van der Waals surface area contributed by atoms with Gasteiger partial charge in [-0.25, -0.2) is 12.8 Å². The zero-order valence-corrected chi connectivity index (χ0v) is 22.1. The highest BCUT2D eigenvalue weighted by molar-refractivity contribution is 9.10. The summed E-state index contributed by atoms with van der Waals surface area (Å²) < 4.78 is 88.8. The number of likely N-dealkylation sites (tertiary alicyclic amines) is 1. The average molecular weight is 612 g/mol. The number of hydrogen-bond donors (Lipinski definition) is 1. The number of nitrogens with zero attached hydrogens (tertiary/aromatic N) is 1. The Morgan fingerprint density at radius 2 is 1.89 bits per heavy atom. The molecule has 3 aromatic rings. The number of nitrogens with one attached hydrogen (secondary N) is 1. The molecule has 1 aliphatic heterocycles. The maximum atomic E-state index is 13.5. The second-order valence-corrected chi connectivity index (χ2v) is 13.0. The third-order valence-corrected chi connectivity index (χ3v) is 10.5. The number of halogens is 5. The molecule has 0 spiro atoms. The summed E-state index contributed by atoms with van der Waals surface area (Å²) >= 11 is 5.57. The third kappa shape index (κ3) is 6.50. The number of hydrogen-bond acceptors (Lipinski definition) is 6. The highest BCUT2D eigenvalue weighted by Gasteiger charge is 2.36. The van der Waals surface area contributed by atoms with Crippen LogP contribution in [0.4, 0.5) is 23.2 Å². The van der Waals surface area contributed by atoms with Gasteiger partial charge in [0.15, 0.2) is 0 Å². The molecule has 1 atom stereocenters. The number of benzene rings is 2. The van der Waals surface area contributed by atoms with Crippen LogP contribution in [-0.2, 0) is 16.2 Å². The molecule has 0 saturated carbocycles. The SMILES string of the molecule is CN1CCC(Oc2cc(NS(=O)(=O)c3cc(Br)c(Sc4ccc(F)cc4)s3)ccc2C(F)(F)F)C1. The van der Waals surface area contributed by atoms with E-state index in [9.17, 15) is 26.0 Å². The van der Waals surface area contributed by atoms with Crippen LogP contribution < -0.4 is 9.46 Å². The molecule has 4 rings (SSSR count). The van der Waals surface area contributed by atoms with Crippen LogP contribution in [0.3, 0.4) is 0 Å². The summed E-state index contributed by atoms with van der Waals surface area (Å²) in [5.41, 5.74) is -1.01. The van der Waals surface area contributed by atoms with Gasteiger partial charge in [-0.2, -0.15) is 13.2 Å². The topological polar surface area (TPSA) is 58.6 Å². The Morgan fingerprint density at radius 3 is 2.51 bits per heavy atom. The van der Waals surface area contributed by atoms with Crippen LogP contribution in [0.1, 0.15) is 12.0 Å². The van der Waals surface area contributed by atoms with Gasteiger partial charge in [0.2, 0.25) is 0 Å². The highest BCUT2D eigenvalue weighted by Crippen LogP contribution is 2.43. The molecule has 1 saturated heterocycles. The summed E-state index contributed by atoms with van der Waals surface area (Å²) in [4.78, 5) is 2.66. The lowest BCUT2D eigenvalue weighted by molar-refractivity contribution is -0.139. The molecule has 0 amide bonds.